The molecule has 2 atom stereocenters. The number of nitrogens with one attached hydrogen (secondary N) is 1. The van der Waals surface area contributed by atoms with Crippen molar-refractivity contribution in [3.8, 4) is 0 Å². The highest BCUT2D eigenvalue weighted by molar-refractivity contribution is 5.78. The first kappa shape index (κ1) is 13.3. The number of likely N-dealkylation sites (N-methyl/N-ethyl adjacent to an activating group) is 1. The summed E-state index contributed by atoms with van der Waals surface area (Å²) in [5.41, 5.74) is 0. The van der Waals surface area contributed by atoms with Crippen LogP contribution in [0.4, 0.5) is 0 Å². The Hall–Kier alpha value is -0.650. The second kappa shape index (κ2) is 5.77. The molecule has 3 saturated heterocycles. The van der Waals surface area contributed by atoms with E-state index in [2.05, 4.69) is 22.2 Å². The number of hydrogen-bond donors (Lipinski definition) is 1. The van der Waals surface area contributed by atoms with Crippen molar-refractivity contribution in [1.29, 1.82) is 0 Å². The zero-order chi connectivity index (χ0) is 13.2. The van der Waals surface area contributed by atoms with E-state index in [0.717, 1.165) is 51.7 Å². The Kier molecular flexibility index (Phi) is 4.05. The maximum Gasteiger partial charge on any atom is 0.236 e. The molecule has 1 N–H and O–H groups in total. The molecule has 0 bridgehead atoms. The molecule has 0 radical (unpaired) electrons. The monoisotopic (exact) mass is 266 g/mol. The highest BCUT2D eigenvalue weighted by Gasteiger charge is 2.36. The minimum Gasteiger partial charge on any atom is -0.339 e. The predicted molar refractivity (Wildman–Crippen MR) is 75.0 cm³/mol. The van der Waals surface area contributed by atoms with Crippen LogP contribution >= 0.6 is 0 Å². The van der Waals surface area contributed by atoms with E-state index >= 15 is 0 Å². The smallest absolute Gasteiger partial charge is 0.236 e. The predicted octanol–water partition coefficient (Wildman–Crippen LogP) is -0.556. The average Bonchev–Trinajstić information content (AvgIpc) is 2.89. The average molecular weight is 266 g/mol. The second-order valence-electron chi connectivity index (χ2n) is 6.28. The molecule has 0 aromatic heterocycles. The fraction of sp³-hybridized carbons (Fsp3) is 0.929. The molecule has 5 heteroatoms. The summed E-state index contributed by atoms with van der Waals surface area (Å²) in [6.07, 6.45) is 2.58. The van der Waals surface area contributed by atoms with Crippen molar-refractivity contribution in [1.82, 2.24) is 20.0 Å². The molecule has 3 heterocycles. The van der Waals surface area contributed by atoms with E-state index in [1.165, 1.54) is 12.8 Å². The zero-order valence-electron chi connectivity index (χ0n) is 12.0. The molecule has 3 aliphatic rings. The number of carbonyl (C=O) groups is 1. The van der Waals surface area contributed by atoms with E-state index in [9.17, 15) is 4.79 Å². The van der Waals surface area contributed by atoms with Gasteiger partial charge in [-0.2, -0.15) is 0 Å². The van der Waals surface area contributed by atoms with Crippen molar-refractivity contribution in [3.63, 3.8) is 0 Å². The summed E-state index contributed by atoms with van der Waals surface area (Å²) < 4.78 is 0. The second-order valence-corrected chi connectivity index (χ2v) is 6.28. The van der Waals surface area contributed by atoms with Gasteiger partial charge in [0.1, 0.15) is 0 Å². The van der Waals surface area contributed by atoms with E-state index in [-0.39, 0.29) is 0 Å². The largest absolute Gasteiger partial charge is 0.339 e. The summed E-state index contributed by atoms with van der Waals surface area (Å²) in [5.74, 6) is 1.11. The van der Waals surface area contributed by atoms with Crippen molar-refractivity contribution >= 4 is 5.91 Å². The van der Waals surface area contributed by atoms with E-state index in [1.807, 2.05) is 4.90 Å². The molecule has 108 valence electrons. The Morgan fingerprint density at radius 3 is 2.74 bits per heavy atom. The Morgan fingerprint density at radius 1 is 1.16 bits per heavy atom. The third-order valence-corrected chi connectivity index (χ3v) is 4.99. The van der Waals surface area contributed by atoms with Gasteiger partial charge in [-0.1, -0.05) is 0 Å². The number of piperazine rings is 1. The summed E-state index contributed by atoms with van der Waals surface area (Å²) in [4.78, 5) is 19.2. The SMILES string of the molecule is CN1CCN(C(=O)CN2CCCC3CNCC32)CC1. The molecule has 19 heavy (non-hydrogen) atoms. The highest BCUT2D eigenvalue weighted by Crippen LogP contribution is 2.26. The van der Waals surface area contributed by atoms with Gasteiger partial charge < -0.3 is 15.1 Å². The van der Waals surface area contributed by atoms with Crippen LogP contribution in [0.1, 0.15) is 12.8 Å². The normalized spacial score (nSPS) is 33.4. The number of hydrogen-bond acceptors (Lipinski definition) is 4. The van der Waals surface area contributed by atoms with E-state index in [1.54, 1.807) is 0 Å². The number of rotatable bonds is 2. The standard InChI is InChI=1S/C14H26N4O/c1-16-5-7-17(8-6-16)14(19)11-18-4-2-3-12-9-15-10-13(12)18/h12-13,15H,2-11H2,1H3. The number of carbonyl (C=O) groups excluding carboxylic acids is 1. The molecule has 3 aliphatic heterocycles. The highest BCUT2D eigenvalue weighted by atomic mass is 16.2. The van der Waals surface area contributed by atoms with Gasteiger partial charge in [0.2, 0.25) is 5.91 Å². The molecular formula is C14H26N4O. The van der Waals surface area contributed by atoms with Crippen LogP contribution in [0.25, 0.3) is 0 Å². The fourth-order valence-electron chi connectivity index (χ4n) is 3.69. The molecule has 0 spiro atoms. The fourth-order valence-corrected chi connectivity index (χ4v) is 3.69. The zero-order valence-corrected chi connectivity index (χ0v) is 12.0. The topological polar surface area (TPSA) is 38.8 Å². The Balaban J connectivity index is 1.54. The van der Waals surface area contributed by atoms with Crippen molar-refractivity contribution < 1.29 is 4.79 Å². The summed E-state index contributed by atoms with van der Waals surface area (Å²) in [6.45, 7) is 7.77. The van der Waals surface area contributed by atoms with Gasteiger partial charge in [-0.25, -0.2) is 0 Å². The van der Waals surface area contributed by atoms with Crippen LogP contribution in [0.2, 0.25) is 0 Å². The minimum atomic E-state index is 0.334. The van der Waals surface area contributed by atoms with Crippen LogP contribution in [0.5, 0.6) is 0 Å². The summed E-state index contributed by atoms with van der Waals surface area (Å²) in [7, 11) is 2.13. The Morgan fingerprint density at radius 2 is 1.95 bits per heavy atom. The third kappa shape index (κ3) is 2.93. The van der Waals surface area contributed by atoms with Gasteiger partial charge in [-0.15, -0.1) is 0 Å². The van der Waals surface area contributed by atoms with Crippen LogP contribution < -0.4 is 5.32 Å². The van der Waals surface area contributed by atoms with Crippen LogP contribution in [-0.2, 0) is 4.79 Å². The van der Waals surface area contributed by atoms with E-state index in [0.29, 0.717) is 18.5 Å². The molecule has 5 nitrogen and oxygen atoms in total. The van der Waals surface area contributed by atoms with Gasteiger partial charge in [0, 0.05) is 38.8 Å². The molecule has 1 amide bonds. The van der Waals surface area contributed by atoms with Crippen molar-refractivity contribution in [3.05, 3.63) is 0 Å². The lowest BCUT2D eigenvalue weighted by molar-refractivity contribution is -0.135. The van der Waals surface area contributed by atoms with Crippen molar-refractivity contribution in [2.45, 2.75) is 18.9 Å². The maximum absolute atomic E-state index is 12.4. The molecular weight excluding hydrogens is 240 g/mol. The number of piperidine rings is 1. The molecule has 0 aliphatic carbocycles. The molecule has 2 unspecified atom stereocenters. The lowest BCUT2D eigenvalue weighted by Gasteiger charge is -2.39. The molecule has 3 rings (SSSR count). The van der Waals surface area contributed by atoms with Gasteiger partial charge in [0.15, 0.2) is 0 Å². The molecule has 0 aromatic carbocycles. The van der Waals surface area contributed by atoms with Gasteiger partial charge in [-0.05, 0) is 38.9 Å². The van der Waals surface area contributed by atoms with Crippen molar-refractivity contribution in [2.24, 2.45) is 5.92 Å². The summed E-state index contributed by atoms with van der Waals surface area (Å²) in [6, 6.07) is 0.602. The van der Waals surface area contributed by atoms with Crippen LogP contribution in [0.15, 0.2) is 0 Å². The number of likely N-dealkylation sites (tertiary alicyclic amines) is 1. The first-order chi connectivity index (χ1) is 9.24. The third-order valence-electron chi connectivity index (χ3n) is 4.99. The first-order valence-corrected chi connectivity index (χ1v) is 7.65. The van der Waals surface area contributed by atoms with Crippen LogP contribution in [0.3, 0.4) is 0 Å². The Labute approximate surface area is 115 Å². The molecule has 0 saturated carbocycles. The van der Waals surface area contributed by atoms with Crippen LogP contribution in [-0.4, -0.2) is 86.1 Å². The van der Waals surface area contributed by atoms with Gasteiger partial charge in [-0.3, -0.25) is 9.69 Å². The van der Waals surface area contributed by atoms with Crippen LogP contribution in [0, 0.1) is 5.92 Å². The molecule has 3 fully saturated rings. The first-order valence-electron chi connectivity index (χ1n) is 7.65. The quantitative estimate of drug-likeness (QED) is 0.727. The van der Waals surface area contributed by atoms with E-state index in [4.69, 9.17) is 0 Å². The maximum atomic E-state index is 12.4. The van der Waals surface area contributed by atoms with Gasteiger partial charge >= 0.3 is 0 Å². The van der Waals surface area contributed by atoms with Crippen molar-refractivity contribution in [2.75, 3.05) is 59.4 Å². The lowest BCUT2D eigenvalue weighted by Crippen LogP contribution is -2.53. The number of amides is 1. The number of fused-ring (bicyclic) bond motifs is 1. The van der Waals surface area contributed by atoms with Gasteiger partial charge in [0.25, 0.3) is 0 Å². The minimum absolute atomic E-state index is 0.334. The van der Waals surface area contributed by atoms with Gasteiger partial charge in [0.05, 0.1) is 6.54 Å². The molecule has 0 aromatic rings. The summed E-state index contributed by atoms with van der Waals surface area (Å²) in [5, 5.41) is 3.48. The lowest BCUT2D eigenvalue weighted by atomic mass is 9.92. The Bertz CT molecular complexity index is 327. The van der Waals surface area contributed by atoms with E-state index < -0.39 is 0 Å². The summed E-state index contributed by atoms with van der Waals surface area (Å²) >= 11 is 0. The number of nitrogens with zero attached hydrogens (tertiary/aromatic N) is 3.